The van der Waals surface area contributed by atoms with Crippen LogP contribution in [0.3, 0.4) is 0 Å². The number of benzene rings is 1. The molecule has 152 valence electrons. The summed E-state index contributed by atoms with van der Waals surface area (Å²) in [6, 6.07) is 7.60. The van der Waals surface area contributed by atoms with Crippen LogP contribution in [-0.4, -0.2) is 53.6 Å². The first-order chi connectivity index (χ1) is 13.6. The summed E-state index contributed by atoms with van der Waals surface area (Å²) in [6.45, 7) is 3.83. The van der Waals surface area contributed by atoms with Crippen molar-refractivity contribution < 1.29 is 9.47 Å². The minimum atomic E-state index is -0.0235. The number of hydrogen-bond donors (Lipinski definition) is 2. The van der Waals surface area contributed by atoms with E-state index in [-0.39, 0.29) is 12.1 Å². The molecule has 0 bridgehead atoms. The smallest absolute Gasteiger partial charge is 0.191 e. The molecule has 0 saturated heterocycles. The monoisotopic (exact) mass is 406 g/mol. The van der Waals surface area contributed by atoms with E-state index >= 15 is 0 Å². The number of nitrogens with one attached hydrogen (secondary N) is 2. The fourth-order valence-electron chi connectivity index (χ4n) is 3.08. The molecule has 0 radical (unpaired) electrons. The highest BCUT2D eigenvalue weighted by Gasteiger charge is 2.22. The molecule has 0 aliphatic carbocycles. The molecule has 2 N–H and O–H groups in total. The first-order valence-corrected chi connectivity index (χ1v) is 9.76. The van der Waals surface area contributed by atoms with E-state index in [2.05, 4.69) is 25.7 Å². The first-order valence-electron chi connectivity index (χ1n) is 9.38. The van der Waals surface area contributed by atoms with Gasteiger partial charge in [0.25, 0.3) is 0 Å². The lowest BCUT2D eigenvalue weighted by Crippen LogP contribution is -2.48. The molecule has 9 heteroatoms. The molecule has 0 saturated carbocycles. The number of methoxy groups -OCH3 is 1. The Labute approximate surface area is 170 Å². The van der Waals surface area contributed by atoms with Crippen LogP contribution in [0.5, 0.6) is 5.75 Å². The van der Waals surface area contributed by atoms with Crippen molar-refractivity contribution in [1.29, 1.82) is 0 Å². The van der Waals surface area contributed by atoms with Crippen LogP contribution in [0.4, 0.5) is 0 Å². The predicted molar refractivity (Wildman–Crippen MR) is 109 cm³/mol. The van der Waals surface area contributed by atoms with E-state index in [0.717, 1.165) is 42.7 Å². The molecule has 0 fully saturated rings. The van der Waals surface area contributed by atoms with E-state index in [1.54, 1.807) is 14.2 Å². The third-order valence-electron chi connectivity index (χ3n) is 4.45. The molecule has 1 aliphatic rings. The topological polar surface area (TPSA) is 85.6 Å². The molecular weight excluding hydrogens is 380 g/mol. The SMILES string of the molecule is CN=C(NCC(C)Oc1ccc(Cl)cc1)NC1CCc2nc(COC)nn2C1. The third kappa shape index (κ3) is 5.59. The lowest BCUT2D eigenvalue weighted by atomic mass is 10.1. The molecule has 1 aliphatic heterocycles. The van der Waals surface area contributed by atoms with E-state index in [0.29, 0.717) is 18.2 Å². The van der Waals surface area contributed by atoms with Gasteiger partial charge in [-0.05, 0) is 37.6 Å². The normalized spacial score (nSPS) is 17.7. The Bertz CT molecular complexity index is 792. The van der Waals surface area contributed by atoms with Gasteiger partial charge in [-0.25, -0.2) is 9.67 Å². The first kappa shape index (κ1) is 20.4. The molecule has 2 unspecified atom stereocenters. The minimum absolute atomic E-state index is 0.0235. The highest BCUT2D eigenvalue weighted by molar-refractivity contribution is 6.30. The Kier molecular flexibility index (Phi) is 7.11. The Morgan fingerprint density at radius 3 is 2.89 bits per heavy atom. The highest BCUT2D eigenvalue weighted by Crippen LogP contribution is 2.17. The van der Waals surface area contributed by atoms with Crippen molar-refractivity contribution >= 4 is 17.6 Å². The van der Waals surface area contributed by atoms with Crippen LogP contribution >= 0.6 is 11.6 Å². The standard InChI is InChI=1S/C19H27ClN6O2/c1-13(28-16-7-4-14(20)5-8-16)10-22-19(21-2)23-15-6-9-18-24-17(12-27-3)25-26(18)11-15/h4-5,7-8,13,15H,6,9-12H2,1-3H3,(H2,21,22,23). The van der Waals surface area contributed by atoms with Crippen molar-refractivity contribution in [3.05, 3.63) is 40.9 Å². The fraction of sp³-hybridized carbons (Fsp3) is 0.526. The van der Waals surface area contributed by atoms with Gasteiger partial charge in [0, 0.05) is 31.6 Å². The highest BCUT2D eigenvalue weighted by atomic mass is 35.5. The van der Waals surface area contributed by atoms with Gasteiger partial charge in [-0.3, -0.25) is 4.99 Å². The minimum Gasteiger partial charge on any atom is -0.489 e. The Morgan fingerprint density at radius 1 is 1.39 bits per heavy atom. The number of ether oxygens (including phenoxy) is 2. The van der Waals surface area contributed by atoms with Crippen molar-refractivity contribution in [3.8, 4) is 5.75 Å². The van der Waals surface area contributed by atoms with E-state index in [9.17, 15) is 0 Å². The van der Waals surface area contributed by atoms with Crippen LogP contribution in [0.15, 0.2) is 29.3 Å². The second-order valence-electron chi connectivity index (χ2n) is 6.77. The average Bonchev–Trinajstić information content (AvgIpc) is 3.09. The van der Waals surface area contributed by atoms with Crippen LogP contribution in [0.25, 0.3) is 0 Å². The molecule has 0 spiro atoms. The molecule has 2 atom stereocenters. The Balaban J connectivity index is 1.47. The van der Waals surface area contributed by atoms with Crippen molar-refractivity contribution in [2.45, 2.75) is 45.1 Å². The van der Waals surface area contributed by atoms with Gasteiger partial charge in [-0.1, -0.05) is 11.6 Å². The van der Waals surface area contributed by atoms with E-state index < -0.39 is 0 Å². The fourth-order valence-corrected chi connectivity index (χ4v) is 3.21. The summed E-state index contributed by atoms with van der Waals surface area (Å²) in [5, 5.41) is 12.0. The molecule has 1 aromatic heterocycles. The van der Waals surface area contributed by atoms with Crippen LogP contribution in [-0.2, 0) is 24.3 Å². The van der Waals surface area contributed by atoms with Gasteiger partial charge < -0.3 is 20.1 Å². The van der Waals surface area contributed by atoms with Crippen LogP contribution in [0.2, 0.25) is 5.02 Å². The summed E-state index contributed by atoms with van der Waals surface area (Å²) in [6.07, 6.45) is 1.83. The Morgan fingerprint density at radius 2 is 2.18 bits per heavy atom. The summed E-state index contributed by atoms with van der Waals surface area (Å²) < 4.78 is 13.0. The molecule has 8 nitrogen and oxygen atoms in total. The lowest BCUT2D eigenvalue weighted by Gasteiger charge is -2.26. The third-order valence-corrected chi connectivity index (χ3v) is 4.70. The van der Waals surface area contributed by atoms with Crippen LogP contribution in [0.1, 0.15) is 25.0 Å². The molecule has 0 amide bonds. The zero-order chi connectivity index (χ0) is 19.9. The van der Waals surface area contributed by atoms with Crippen molar-refractivity contribution in [2.24, 2.45) is 4.99 Å². The molecule has 3 rings (SSSR count). The van der Waals surface area contributed by atoms with Crippen molar-refractivity contribution in [1.82, 2.24) is 25.4 Å². The van der Waals surface area contributed by atoms with Gasteiger partial charge in [-0.15, -0.1) is 0 Å². The average molecular weight is 407 g/mol. The number of aromatic nitrogens is 3. The Hall–Kier alpha value is -2.32. The molecule has 2 aromatic rings. The van der Waals surface area contributed by atoms with E-state index in [1.165, 1.54) is 0 Å². The summed E-state index contributed by atoms with van der Waals surface area (Å²) in [7, 11) is 3.41. The molecule has 1 aromatic carbocycles. The van der Waals surface area contributed by atoms with Gasteiger partial charge >= 0.3 is 0 Å². The molecule has 2 heterocycles. The second kappa shape index (κ2) is 9.75. The quantitative estimate of drug-likeness (QED) is 0.540. The largest absolute Gasteiger partial charge is 0.489 e. The summed E-state index contributed by atoms with van der Waals surface area (Å²) in [5.74, 6) is 3.28. The number of aryl methyl sites for hydroxylation is 1. The zero-order valence-corrected chi connectivity index (χ0v) is 17.2. The van der Waals surface area contributed by atoms with Gasteiger partial charge in [-0.2, -0.15) is 5.10 Å². The number of guanidine groups is 1. The van der Waals surface area contributed by atoms with Crippen LogP contribution < -0.4 is 15.4 Å². The maximum absolute atomic E-state index is 5.90. The zero-order valence-electron chi connectivity index (χ0n) is 16.5. The number of halogens is 1. The molecular formula is C19H27ClN6O2. The summed E-state index contributed by atoms with van der Waals surface area (Å²) in [5.41, 5.74) is 0. The number of hydrogen-bond acceptors (Lipinski definition) is 5. The predicted octanol–water partition coefficient (Wildman–Crippen LogP) is 2.03. The van der Waals surface area contributed by atoms with Gasteiger partial charge in [0.15, 0.2) is 11.8 Å². The number of nitrogens with zero attached hydrogens (tertiary/aromatic N) is 4. The number of rotatable bonds is 7. The van der Waals surface area contributed by atoms with Gasteiger partial charge in [0.1, 0.15) is 24.3 Å². The molecule has 28 heavy (non-hydrogen) atoms. The van der Waals surface area contributed by atoms with Crippen LogP contribution in [0, 0.1) is 0 Å². The number of fused-ring (bicyclic) bond motifs is 1. The van der Waals surface area contributed by atoms with Crippen molar-refractivity contribution in [3.63, 3.8) is 0 Å². The van der Waals surface area contributed by atoms with E-state index in [4.69, 9.17) is 21.1 Å². The van der Waals surface area contributed by atoms with Crippen molar-refractivity contribution in [2.75, 3.05) is 20.7 Å². The van der Waals surface area contributed by atoms with E-state index in [1.807, 2.05) is 35.9 Å². The summed E-state index contributed by atoms with van der Waals surface area (Å²) >= 11 is 5.90. The summed E-state index contributed by atoms with van der Waals surface area (Å²) in [4.78, 5) is 8.83. The van der Waals surface area contributed by atoms with Gasteiger partial charge in [0.05, 0.1) is 13.1 Å². The lowest BCUT2D eigenvalue weighted by molar-refractivity contribution is 0.177. The number of aliphatic imine (C=N–C) groups is 1. The van der Waals surface area contributed by atoms with Gasteiger partial charge in [0.2, 0.25) is 0 Å². The maximum Gasteiger partial charge on any atom is 0.191 e. The maximum atomic E-state index is 5.90. The second-order valence-corrected chi connectivity index (χ2v) is 7.21.